The van der Waals surface area contributed by atoms with Gasteiger partial charge in [-0.1, -0.05) is 22.9 Å². The third-order valence-corrected chi connectivity index (χ3v) is 4.90. The predicted molar refractivity (Wildman–Crippen MR) is 73.2 cm³/mol. The van der Waals surface area contributed by atoms with Crippen LogP contribution in [0.15, 0.2) is 5.38 Å². The lowest BCUT2D eigenvalue weighted by atomic mass is 9.94. The van der Waals surface area contributed by atoms with Gasteiger partial charge >= 0.3 is 0 Å². The molecule has 4 heteroatoms. The molecule has 2 rings (SSSR count). The molecule has 2 heterocycles. The molecule has 1 aliphatic rings. The highest BCUT2D eigenvalue weighted by Gasteiger charge is 2.22. The van der Waals surface area contributed by atoms with E-state index in [1.54, 1.807) is 11.3 Å². The molecular weight excluding hydrogens is 284 g/mol. The number of alkyl halides is 1. The summed E-state index contributed by atoms with van der Waals surface area (Å²) in [5, 5.41) is 3.37. The van der Waals surface area contributed by atoms with Gasteiger partial charge in [-0.2, -0.15) is 0 Å². The molecule has 1 aromatic rings. The summed E-state index contributed by atoms with van der Waals surface area (Å²) in [7, 11) is 0. The molecule has 0 radical (unpaired) electrons. The summed E-state index contributed by atoms with van der Waals surface area (Å²) in [6, 6.07) is 0. The van der Waals surface area contributed by atoms with Crippen molar-refractivity contribution < 1.29 is 0 Å². The van der Waals surface area contributed by atoms with E-state index in [1.807, 2.05) is 0 Å². The predicted octanol–water partition coefficient (Wildman–Crippen LogP) is 3.45. The first-order valence-electron chi connectivity index (χ1n) is 5.92. The fourth-order valence-corrected chi connectivity index (χ4v) is 3.41. The summed E-state index contributed by atoms with van der Waals surface area (Å²) < 4.78 is 0. The second-order valence-corrected chi connectivity index (χ2v) is 7.16. The average molecular weight is 303 g/mol. The molecule has 0 aromatic carbocycles. The van der Waals surface area contributed by atoms with E-state index >= 15 is 0 Å². The monoisotopic (exact) mass is 302 g/mol. The van der Waals surface area contributed by atoms with Gasteiger partial charge in [0, 0.05) is 16.8 Å². The van der Waals surface area contributed by atoms with Crippen LogP contribution in [0.1, 0.15) is 30.5 Å². The molecule has 1 unspecified atom stereocenters. The number of hydrogen-bond donors (Lipinski definition) is 0. The minimum absolute atomic E-state index is 0.663. The molecule has 1 fully saturated rings. The zero-order valence-electron chi connectivity index (χ0n) is 9.95. The number of piperidine rings is 1. The van der Waals surface area contributed by atoms with Gasteiger partial charge in [-0.15, -0.1) is 11.3 Å². The number of halogens is 1. The van der Waals surface area contributed by atoms with Crippen molar-refractivity contribution in [2.45, 2.75) is 38.1 Å². The van der Waals surface area contributed by atoms with Crippen molar-refractivity contribution in [3.8, 4) is 0 Å². The third kappa shape index (κ3) is 3.28. The summed E-state index contributed by atoms with van der Waals surface area (Å²) in [6.45, 7) is 7.82. The zero-order valence-corrected chi connectivity index (χ0v) is 12.4. The van der Waals surface area contributed by atoms with E-state index in [9.17, 15) is 0 Å². The molecule has 16 heavy (non-hydrogen) atoms. The molecule has 0 saturated carbocycles. The number of nitrogens with zero attached hydrogens (tertiary/aromatic N) is 2. The highest BCUT2D eigenvalue weighted by molar-refractivity contribution is 9.09. The molecule has 0 N–H and O–H groups in total. The topological polar surface area (TPSA) is 16.1 Å². The Hall–Kier alpha value is 0.0700. The van der Waals surface area contributed by atoms with Gasteiger partial charge in [0.25, 0.3) is 0 Å². The molecule has 90 valence electrons. The zero-order chi connectivity index (χ0) is 11.5. The normalized spacial score (nSPS) is 21.2. The summed E-state index contributed by atoms with van der Waals surface area (Å²) in [5.74, 6) is 0.855. The molecule has 1 aromatic heterocycles. The Bertz CT molecular complexity index is 330. The van der Waals surface area contributed by atoms with Gasteiger partial charge in [0.2, 0.25) is 0 Å². The fourth-order valence-electron chi connectivity index (χ4n) is 2.28. The lowest BCUT2D eigenvalue weighted by Crippen LogP contribution is -2.35. The van der Waals surface area contributed by atoms with Crippen molar-refractivity contribution >= 4 is 27.3 Å². The Morgan fingerprint density at radius 1 is 1.56 bits per heavy atom. The number of aromatic nitrogens is 1. The average Bonchev–Trinajstić information content (AvgIpc) is 2.65. The molecule has 1 atom stereocenters. The Morgan fingerprint density at radius 2 is 2.25 bits per heavy atom. The standard InChI is InChI=1S/C12H19BrN2S/c1-9(13)11-3-5-15(6-4-11)7-12-8-16-10(2)14-12/h8-9,11H,3-7H2,1-2H3. The maximum Gasteiger partial charge on any atom is 0.0897 e. The minimum atomic E-state index is 0.663. The second kappa shape index (κ2) is 5.61. The van der Waals surface area contributed by atoms with E-state index < -0.39 is 0 Å². The Balaban J connectivity index is 1.81. The van der Waals surface area contributed by atoms with Crippen molar-refractivity contribution in [3.63, 3.8) is 0 Å². The molecule has 1 saturated heterocycles. The van der Waals surface area contributed by atoms with Gasteiger partial charge in [-0.25, -0.2) is 4.98 Å². The third-order valence-electron chi connectivity index (χ3n) is 3.33. The fraction of sp³-hybridized carbons (Fsp3) is 0.750. The van der Waals surface area contributed by atoms with Crippen molar-refractivity contribution in [3.05, 3.63) is 16.1 Å². The van der Waals surface area contributed by atoms with Crippen molar-refractivity contribution in [2.75, 3.05) is 13.1 Å². The van der Waals surface area contributed by atoms with Crippen LogP contribution in [0.2, 0.25) is 0 Å². The van der Waals surface area contributed by atoms with E-state index in [0.717, 1.165) is 12.5 Å². The van der Waals surface area contributed by atoms with E-state index in [4.69, 9.17) is 0 Å². The summed E-state index contributed by atoms with van der Waals surface area (Å²) >= 11 is 5.45. The molecular formula is C12H19BrN2S. The van der Waals surface area contributed by atoms with E-state index in [1.165, 1.54) is 36.6 Å². The van der Waals surface area contributed by atoms with Crippen LogP contribution >= 0.6 is 27.3 Å². The number of likely N-dealkylation sites (tertiary alicyclic amines) is 1. The summed E-state index contributed by atoms with van der Waals surface area (Å²) in [6.07, 6.45) is 2.63. The van der Waals surface area contributed by atoms with Gasteiger partial charge in [0.15, 0.2) is 0 Å². The van der Waals surface area contributed by atoms with Crippen LogP contribution in [0.4, 0.5) is 0 Å². The lowest BCUT2D eigenvalue weighted by molar-refractivity contribution is 0.177. The molecule has 0 spiro atoms. The summed E-state index contributed by atoms with van der Waals surface area (Å²) in [5.41, 5.74) is 1.24. The molecule has 0 aliphatic carbocycles. The van der Waals surface area contributed by atoms with Crippen molar-refractivity contribution in [1.29, 1.82) is 0 Å². The lowest BCUT2D eigenvalue weighted by Gasteiger charge is -2.32. The largest absolute Gasteiger partial charge is 0.297 e. The summed E-state index contributed by atoms with van der Waals surface area (Å²) in [4.78, 5) is 7.72. The van der Waals surface area contributed by atoms with Gasteiger partial charge in [0.05, 0.1) is 10.7 Å². The van der Waals surface area contributed by atoms with Crippen LogP contribution in [0, 0.1) is 12.8 Å². The van der Waals surface area contributed by atoms with E-state index in [2.05, 4.69) is 45.0 Å². The van der Waals surface area contributed by atoms with Gasteiger partial charge in [0.1, 0.15) is 0 Å². The first-order chi connectivity index (χ1) is 7.65. The van der Waals surface area contributed by atoms with Crippen LogP contribution in [0.25, 0.3) is 0 Å². The van der Waals surface area contributed by atoms with E-state index in [0.29, 0.717) is 4.83 Å². The number of aryl methyl sites for hydroxylation is 1. The number of rotatable bonds is 3. The highest BCUT2D eigenvalue weighted by Crippen LogP contribution is 2.25. The molecule has 0 bridgehead atoms. The SMILES string of the molecule is Cc1nc(CN2CCC(C(C)Br)CC2)cs1. The first kappa shape index (κ1) is 12.5. The number of thiazole rings is 1. The van der Waals surface area contributed by atoms with Crippen LogP contribution in [-0.2, 0) is 6.54 Å². The van der Waals surface area contributed by atoms with Gasteiger partial charge < -0.3 is 0 Å². The van der Waals surface area contributed by atoms with Crippen LogP contribution in [0.3, 0.4) is 0 Å². The second-order valence-electron chi connectivity index (χ2n) is 4.65. The Kier molecular flexibility index (Phi) is 4.39. The maximum absolute atomic E-state index is 4.53. The van der Waals surface area contributed by atoms with Crippen LogP contribution < -0.4 is 0 Å². The Labute approximate surface area is 110 Å². The van der Waals surface area contributed by atoms with Crippen LogP contribution in [0.5, 0.6) is 0 Å². The number of hydrogen-bond acceptors (Lipinski definition) is 3. The molecule has 0 amide bonds. The van der Waals surface area contributed by atoms with E-state index in [-0.39, 0.29) is 0 Å². The Morgan fingerprint density at radius 3 is 2.75 bits per heavy atom. The van der Waals surface area contributed by atoms with Crippen molar-refractivity contribution in [1.82, 2.24) is 9.88 Å². The maximum atomic E-state index is 4.53. The quantitative estimate of drug-likeness (QED) is 0.795. The molecule has 1 aliphatic heterocycles. The highest BCUT2D eigenvalue weighted by atomic mass is 79.9. The molecule has 2 nitrogen and oxygen atoms in total. The van der Waals surface area contributed by atoms with Crippen LogP contribution in [-0.4, -0.2) is 27.8 Å². The van der Waals surface area contributed by atoms with Gasteiger partial charge in [-0.05, 0) is 38.8 Å². The van der Waals surface area contributed by atoms with Gasteiger partial charge in [-0.3, -0.25) is 4.90 Å². The minimum Gasteiger partial charge on any atom is -0.297 e. The smallest absolute Gasteiger partial charge is 0.0897 e. The van der Waals surface area contributed by atoms with Crippen molar-refractivity contribution in [2.24, 2.45) is 5.92 Å². The first-order valence-corrected chi connectivity index (χ1v) is 7.72.